The molecule has 1 aromatic carbocycles. The van der Waals surface area contributed by atoms with Gasteiger partial charge in [0.25, 0.3) is 0 Å². The van der Waals surface area contributed by atoms with Gasteiger partial charge in [0.2, 0.25) is 5.89 Å². The molecule has 6 nitrogen and oxygen atoms in total. The number of nitrogens with zero attached hydrogens (tertiary/aromatic N) is 4. The Morgan fingerprint density at radius 3 is 2.83 bits per heavy atom. The number of aromatic nitrogens is 2. The quantitative estimate of drug-likeness (QED) is 0.833. The molecule has 0 amide bonds. The molecule has 2 saturated heterocycles. The van der Waals surface area contributed by atoms with Gasteiger partial charge in [0.05, 0.1) is 25.3 Å². The maximum atomic E-state index is 6.01. The van der Waals surface area contributed by atoms with Crippen molar-refractivity contribution in [2.24, 2.45) is 0 Å². The third kappa shape index (κ3) is 3.36. The Bertz CT molecular complexity index is 660. The van der Waals surface area contributed by atoms with E-state index in [0.29, 0.717) is 18.5 Å². The number of ether oxygens (including phenoxy) is 1. The predicted molar refractivity (Wildman–Crippen MR) is 89.3 cm³/mol. The van der Waals surface area contributed by atoms with Crippen molar-refractivity contribution in [2.45, 2.75) is 38.6 Å². The molecule has 6 heteroatoms. The molecule has 2 aliphatic heterocycles. The number of fused-ring (bicyclic) bond motifs is 1. The zero-order valence-corrected chi connectivity index (χ0v) is 14.1. The molecule has 24 heavy (non-hydrogen) atoms. The second kappa shape index (κ2) is 7.01. The largest absolute Gasteiger partial charge is 0.374 e. The van der Waals surface area contributed by atoms with E-state index in [1.165, 1.54) is 5.56 Å². The Morgan fingerprint density at radius 1 is 1.17 bits per heavy atom. The summed E-state index contributed by atoms with van der Waals surface area (Å²) < 4.78 is 11.4. The number of likely N-dealkylation sites (tertiary alicyclic amines) is 1. The fraction of sp³-hybridized carbons (Fsp3) is 0.556. The smallest absolute Gasteiger partial charge is 0.240 e. The van der Waals surface area contributed by atoms with Gasteiger partial charge in [0.1, 0.15) is 0 Å². The van der Waals surface area contributed by atoms with E-state index in [0.717, 1.165) is 45.0 Å². The average molecular weight is 328 g/mol. The Labute approximate surface area is 142 Å². The summed E-state index contributed by atoms with van der Waals surface area (Å²) in [5.41, 5.74) is 1.36. The first kappa shape index (κ1) is 15.7. The van der Waals surface area contributed by atoms with Crippen molar-refractivity contribution in [1.82, 2.24) is 19.9 Å². The standard InChI is InChI=1S/C18H24N4O2/c1-2-17-19-18(24-20-17)13-21-11-15-16(12-21)23-9-8-22(15)10-14-6-4-3-5-7-14/h3-7,15-16H,2,8-13H2,1H3. The Balaban J connectivity index is 1.40. The number of rotatable bonds is 5. The summed E-state index contributed by atoms with van der Waals surface area (Å²) in [6.45, 7) is 7.45. The van der Waals surface area contributed by atoms with Crippen LogP contribution in [0.3, 0.4) is 0 Å². The SMILES string of the molecule is CCc1noc(CN2CC3OCCN(Cc4ccccc4)C3C2)n1. The van der Waals surface area contributed by atoms with Gasteiger partial charge in [-0.25, -0.2) is 0 Å². The highest BCUT2D eigenvalue weighted by atomic mass is 16.5. The van der Waals surface area contributed by atoms with Gasteiger partial charge >= 0.3 is 0 Å². The van der Waals surface area contributed by atoms with Crippen molar-refractivity contribution >= 4 is 0 Å². The molecule has 3 heterocycles. The van der Waals surface area contributed by atoms with E-state index < -0.39 is 0 Å². The van der Waals surface area contributed by atoms with Crippen LogP contribution in [0.2, 0.25) is 0 Å². The van der Waals surface area contributed by atoms with E-state index in [1.54, 1.807) is 0 Å². The van der Waals surface area contributed by atoms with Gasteiger partial charge in [-0.3, -0.25) is 9.80 Å². The van der Waals surface area contributed by atoms with E-state index in [4.69, 9.17) is 9.26 Å². The van der Waals surface area contributed by atoms with E-state index >= 15 is 0 Å². The van der Waals surface area contributed by atoms with E-state index in [-0.39, 0.29) is 6.10 Å². The van der Waals surface area contributed by atoms with Crippen LogP contribution >= 0.6 is 0 Å². The fourth-order valence-electron chi connectivity index (χ4n) is 3.67. The first-order valence-electron chi connectivity index (χ1n) is 8.75. The van der Waals surface area contributed by atoms with Crippen LogP contribution in [0.15, 0.2) is 34.9 Å². The summed E-state index contributed by atoms with van der Waals surface area (Å²) in [5, 5.41) is 3.98. The average Bonchev–Trinajstić information content (AvgIpc) is 3.23. The lowest BCUT2D eigenvalue weighted by Crippen LogP contribution is -2.50. The Hall–Kier alpha value is -1.76. The molecule has 0 spiro atoms. The minimum atomic E-state index is 0.274. The molecule has 2 aliphatic rings. The van der Waals surface area contributed by atoms with Crippen LogP contribution in [0, 0.1) is 0 Å². The van der Waals surface area contributed by atoms with Crippen LogP contribution in [0.5, 0.6) is 0 Å². The lowest BCUT2D eigenvalue weighted by atomic mass is 10.1. The Morgan fingerprint density at radius 2 is 2.04 bits per heavy atom. The number of hydrogen-bond donors (Lipinski definition) is 0. The van der Waals surface area contributed by atoms with Crippen molar-refractivity contribution in [3.8, 4) is 0 Å². The van der Waals surface area contributed by atoms with Crippen LogP contribution in [-0.4, -0.2) is 58.3 Å². The van der Waals surface area contributed by atoms with Gasteiger partial charge in [0.15, 0.2) is 5.82 Å². The first-order chi connectivity index (χ1) is 11.8. The normalized spacial score (nSPS) is 25.0. The summed E-state index contributed by atoms with van der Waals surface area (Å²) in [4.78, 5) is 9.34. The molecule has 0 radical (unpaired) electrons. The molecule has 1 aromatic heterocycles. The van der Waals surface area contributed by atoms with Crippen LogP contribution in [0.1, 0.15) is 24.2 Å². The predicted octanol–water partition coefficient (Wildman–Crippen LogP) is 1.72. The molecule has 128 valence electrons. The van der Waals surface area contributed by atoms with E-state index in [2.05, 4.69) is 50.3 Å². The highest BCUT2D eigenvalue weighted by Gasteiger charge is 2.40. The Kier molecular flexibility index (Phi) is 4.60. The first-order valence-corrected chi connectivity index (χ1v) is 8.75. The molecular weight excluding hydrogens is 304 g/mol. The number of morpholine rings is 1. The highest BCUT2D eigenvalue weighted by molar-refractivity contribution is 5.15. The second-order valence-electron chi connectivity index (χ2n) is 6.58. The van der Waals surface area contributed by atoms with Crippen LogP contribution in [-0.2, 0) is 24.2 Å². The second-order valence-corrected chi connectivity index (χ2v) is 6.58. The van der Waals surface area contributed by atoms with Gasteiger partial charge in [-0.15, -0.1) is 0 Å². The summed E-state index contributed by atoms with van der Waals surface area (Å²) in [6.07, 6.45) is 1.08. The van der Waals surface area contributed by atoms with Gasteiger partial charge in [-0.05, 0) is 5.56 Å². The minimum Gasteiger partial charge on any atom is -0.374 e. The molecule has 0 aliphatic carbocycles. The molecular formula is C18H24N4O2. The lowest BCUT2D eigenvalue weighted by molar-refractivity contribution is -0.0504. The summed E-state index contributed by atoms with van der Waals surface area (Å²) in [6, 6.07) is 11.1. The maximum absolute atomic E-state index is 6.01. The van der Waals surface area contributed by atoms with Crippen molar-refractivity contribution in [2.75, 3.05) is 26.2 Å². The minimum absolute atomic E-state index is 0.274. The highest BCUT2D eigenvalue weighted by Crippen LogP contribution is 2.25. The van der Waals surface area contributed by atoms with Gasteiger partial charge in [0, 0.05) is 32.6 Å². The molecule has 2 unspecified atom stereocenters. The van der Waals surface area contributed by atoms with Crippen molar-refractivity contribution in [3.63, 3.8) is 0 Å². The third-order valence-corrected chi connectivity index (χ3v) is 4.91. The lowest BCUT2D eigenvalue weighted by Gasteiger charge is -2.37. The van der Waals surface area contributed by atoms with Gasteiger partial charge < -0.3 is 9.26 Å². The maximum Gasteiger partial charge on any atom is 0.240 e. The fourth-order valence-corrected chi connectivity index (χ4v) is 3.67. The zero-order valence-electron chi connectivity index (χ0n) is 14.1. The molecule has 0 N–H and O–H groups in total. The molecule has 0 saturated carbocycles. The van der Waals surface area contributed by atoms with Crippen LogP contribution in [0.4, 0.5) is 0 Å². The van der Waals surface area contributed by atoms with Crippen molar-refractivity contribution < 1.29 is 9.26 Å². The van der Waals surface area contributed by atoms with Crippen molar-refractivity contribution in [1.29, 1.82) is 0 Å². The topological polar surface area (TPSA) is 54.6 Å². The molecule has 2 aromatic rings. The number of benzene rings is 1. The molecule has 0 bridgehead atoms. The van der Waals surface area contributed by atoms with Crippen molar-refractivity contribution in [3.05, 3.63) is 47.6 Å². The number of aryl methyl sites for hydroxylation is 1. The van der Waals surface area contributed by atoms with Gasteiger partial charge in [-0.1, -0.05) is 42.4 Å². The third-order valence-electron chi connectivity index (χ3n) is 4.91. The number of hydrogen-bond acceptors (Lipinski definition) is 6. The molecule has 4 rings (SSSR count). The van der Waals surface area contributed by atoms with Crippen LogP contribution in [0.25, 0.3) is 0 Å². The van der Waals surface area contributed by atoms with E-state index in [9.17, 15) is 0 Å². The monoisotopic (exact) mass is 328 g/mol. The summed E-state index contributed by atoms with van der Waals surface area (Å²) in [7, 11) is 0. The summed E-state index contributed by atoms with van der Waals surface area (Å²) in [5.74, 6) is 1.49. The van der Waals surface area contributed by atoms with Gasteiger partial charge in [-0.2, -0.15) is 4.98 Å². The van der Waals surface area contributed by atoms with Crippen LogP contribution < -0.4 is 0 Å². The zero-order chi connectivity index (χ0) is 16.4. The summed E-state index contributed by atoms with van der Waals surface area (Å²) >= 11 is 0. The van der Waals surface area contributed by atoms with E-state index in [1.807, 2.05) is 6.92 Å². The molecule has 2 fully saturated rings. The molecule has 2 atom stereocenters.